The molecule has 3 nitrogen and oxygen atoms in total. The second kappa shape index (κ2) is 4.51. The van der Waals surface area contributed by atoms with Gasteiger partial charge in [0, 0.05) is 29.0 Å². The molecule has 1 aromatic rings. The number of fused-ring (bicyclic) bond motifs is 1. The van der Waals surface area contributed by atoms with Crippen molar-refractivity contribution in [2.75, 3.05) is 20.1 Å². The van der Waals surface area contributed by atoms with Crippen molar-refractivity contribution in [2.24, 2.45) is 5.73 Å². The van der Waals surface area contributed by atoms with Gasteiger partial charge in [-0.1, -0.05) is 22.0 Å². The molecule has 0 aromatic heterocycles. The van der Waals surface area contributed by atoms with E-state index in [0.717, 1.165) is 41.7 Å². The first-order valence-corrected chi connectivity index (χ1v) is 7.30. The maximum absolute atomic E-state index is 6.33. The van der Waals surface area contributed by atoms with E-state index in [9.17, 15) is 0 Å². The Balaban J connectivity index is 1.94. The van der Waals surface area contributed by atoms with Gasteiger partial charge in [-0.05, 0) is 38.6 Å². The smallest absolute Gasteiger partial charge is 0.126 e. The number of rotatable bonds is 0. The summed E-state index contributed by atoms with van der Waals surface area (Å²) in [7, 11) is 2.16. The zero-order chi connectivity index (χ0) is 12.8. The van der Waals surface area contributed by atoms with Crippen LogP contribution in [-0.2, 0) is 0 Å². The minimum absolute atomic E-state index is 0.0831. The Hall–Kier alpha value is -0.580. The highest BCUT2D eigenvalue weighted by molar-refractivity contribution is 9.10. The predicted octanol–water partition coefficient (Wildman–Crippen LogP) is 2.70. The van der Waals surface area contributed by atoms with E-state index in [2.05, 4.69) is 33.9 Å². The second-order valence-corrected chi connectivity index (χ2v) is 6.53. The molecule has 3 rings (SSSR count). The maximum Gasteiger partial charge on any atom is 0.126 e. The molecule has 0 radical (unpaired) electrons. The number of likely N-dealkylation sites (tertiary alicyclic amines) is 1. The molecule has 2 heterocycles. The minimum atomic E-state index is -0.0831. The minimum Gasteiger partial charge on any atom is -0.485 e. The van der Waals surface area contributed by atoms with Crippen molar-refractivity contribution in [3.63, 3.8) is 0 Å². The Morgan fingerprint density at radius 1 is 1.50 bits per heavy atom. The van der Waals surface area contributed by atoms with Gasteiger partial charge in [-0.3, -0.25) is 0 Å². The fourth-order valence-corrected chi connectivity index (χ4v) is 3.60. The van der Waals surface area contributed by atoms with Gasteiger partial charge < -0.3 is 15.4 Å². The number of halogens is 1. The van der Waals surface area contributed by atoms with Crippen molar-refractivity contribution in [2.45, 2.75) is 30.9 Å². The SMILES string of the molecule is CN1CCCC2(CC(N)c3ccc(Br)cc3O2)C1. The molecule has 18 heavy (non-hydrogen) atoms. The number of nitrogens with two attached hydrogens (primary N) is 1. The van der Waals surface area contributed by atoms with Crippen LogP contribution < -0.4 is 10.5 Å². The third kappa shape index (κ3) is 2.17. The van der Waals surface area contributed by atoms with Crippen molar-refractivity contribution >= 4 is 15.9 Å². The summed E-state index contributed by atoms with van der Waals surface area (Å²) in [6, 6.07) is 6.25. The zero-order valence-electron chi connectivity index (χ0n) is 10.7. The first-order chi connectivity index (χ1) is 8.58. The van der Waals surface area contributed by atoms with Crippen molar-refractivity contribution in [1.82, 2.24) is 4.90 Å². The number of hydrogen-bond donors (Lipinski definition) is 1. The molecule has 1 spiro atoms. The third-order valence-electron chi connectivity index (χ3n) is 4.02. The molecule has 0 amide bonds. The van der Waals surface area contributed by atoms with E-state index in [1.165, 1.54) is 6.42 Å². The van der Waals surface area contributed by atoms with Gasteiger partial charge in [-0.2, -0.15) is 0 Å². The maximum atomic E-state index is 6.33. The fraction of sp³-hybridized carbons (Fsp3) is 0.571. The average Bonchev–Trinajstić information content (AvgIpc) is 2.27. The molecule has 2 unspecified atom stereocenters. The summed E-state index contributed by atoms with van der Waals surface area (Å²) in [6.45, 7) is 2.14. The lowest BCUT2D eigenvalue weighted by atomic mass is 9.82. The molecule has 2 atom stereocenters. The number of nitrogens with zero attached hydrogens (tertiary/aromatic N) is 1. The Morgan fingerprint density at radius 2 is 2.33 bits per heavy atom. The zero-order valence-corrected chi connectivity index (χ0v) is 12.2. The summed E-state index contributed by atoms with van der Waals surface area (Å²) in [5.41, 5.74) is 7.39. The highest BCUT2D eigenvalue weighted by atomic mass is 79.9. The fourth-order valence-electron chi connectivity index (χ4n) is 3.26. The van der Waals surface area contributed by atoms with E-state index in [1.54, 1.807) is 0 Å². The van der Waals surface area contributed by atoms with E-state index in [1.807, 2.05) is 12.1 Å². The largest absolute Gasteiger partial charge is 0.485 e. The van der Waals surface area contributed by atoms with Crippen molar-refractivity contribution < 1.29 is 4.74 Å². The van der Waals surface area contributed by atoms with Gasteiger partial charge in [0.05, 0.1) is 0 Å². The second-order valence-electron chi connectivity index (χ2n) is 5.62. The van der Waals surface area contributed by atoms with Gasteiger partial charge >= 0.3 is 0 Å². The summed E-state index contributed by atoms with van der Waals surface area (Å²) < 4.78 is 7.38. The Morgan fingerprint density at radius 3 is 3.11 bits per heavy atom. The highest BCUT2D eigenvalue weighted by Crippen LogP contribution is 2.43. The van der Waals surface area contributed by atoms with E-state index in [4.69, 9.17) is 10.5 Å². The topological polar surface area (TPSA) is 38.5 Å². The summed E-state index contributed by atoms with van der Waals surface area (Å²) in [5, 5.41) is 0. The standard InChI is InChI=1S/C14H19BrN2O/c1-17-6-2-5-14(9-17)8-12(16)11-4-3-10(15)7-13(11)18-14/h3-4,7,12H,2,5-6,8-9,16H2,1H3. The molecule has 1 aromatic carbocycles. The molecule has 2 N–H and O–H groups in total. The molecule has 2 aliphatic rings. The van der Waals surface area contributed by atoms with E-state index in [0.29, 0.717) is 0 Å². The summed E-state index contributed by atoms with van der Waals surface area (Å²) in [6.07, 6.45) is 3.22. The summed E-state index contributed by atoms with van der Waals surface area (Å²) >= 11 is 3.50. The van der Waals surface area contributed by atoms with E-state index < -0.39 is 0 Å². The Bertz CT molecular complexity index is 465. The Kier molecular flexibility index (Phi) is 3.12. The lowest BCUT2D eigenvalue weighted by molar-refractivity contribution is -0.0234. The van der Waals surface area contributed by atoms with Gasteiger partial charge in [0.2, 0.25) is 0 Å². The van der Waals surface area contributed by atoms with Crippen LogP contribution >= 0.6 is 15.9 Å². The van der Waals surface area contributed by atoms with Crippen LogP contribution in [0.4, 0.5) is 0 Å². The van der Waals surface area contributed by atoms with Crippen LogP contribution in [0.1, 0.15) is 30.9 Å². The highest BCUT2D eigenvalue weighted by Gasteiger charge is 2.42. The van der Waals surface area contributed by atoms with Gasteiger partial charge in [-0.25, -0.2) is 0 Å². The molecular weight excluding hydrogens is 292 g/mol. The van der Waals surface area contributed by atoms with Gasteiger partial charge in [0.15, 0.2) is 0 Å². The summed E-state index contributed by atoms with van der Waals surface area (Å²) in [4.78, 5) is 2.35. The van der Waals surface area contributed by atoms with Crippen molar-refractivity contribution in [3.8, 4) is 5.75 Å². The quantitative estimate of drug-likeness (QED) is 0.800. The van der Waals surface area contributed by atoms with Crippen LogP contribution in [0.2, 0.25) is 0 Å². The van der Waals surface area contributed by atoms with E-state index in [-0.39, 0.29) is 11.6 Å². The molecule has 1 saturated heterocycles. The number of hydrogen-bond acceptors (Lipinski definition) is 3. The lowest BCUT2D eigenvalue weighted by Crippen LogP contribution is -2.53. The van der Waals surface area contributed by atoms with Crippen LogP contribution in [0.3, 0.4) is 0 Å². The third-order valence-corrected chi connectivity index (χ3v) is 4.52. The van der Waals surface area contributed by atoms with E-state index >= 15 is 0 Å². The molecule has 0 saturated carbocycles. The lowest BCUT2D eigenvalue weighted by Gasteiger charge is -2.46. The van der Waals surface area contributed by atoms with Crippen molar-refractivity contribution in [3.05, 3.63) is 28.2 Å². The number of benzene rings is 1. The molecule has 4 heteroatoms. The van der Waals surface area contributed by atoms with Crippen LogP contribution in [0.15, 0.2) is 22.7 Å². The molecule has 0 bridgehead atoms. The van der Waals surface area contributed by atoms with Gasteiger partial charge in [0.25, 0.3) is 0 Å². The van der Waals surface area contributed by atoms with Gasteiger partial charge in [-0.15, -0.1) is 0 Å². The number of piperidine rings is 1. The molecule has 98 valence electrons. The average molecular weight is 311 g/mol. The first-order valence-electron chi connectivity index (χ1n) is 6.51. The van der Waals surface area contributed by atoms with Crippen LogP contribution in [0.5, 0.6) is 5.75 Å². The van der Waals surface area contributed by atoms with Gasteiger partial charge in [0.1, 0.15) is 11.4 Å². The predicted molar refractivity (Wildman–Crippen MR) is 75.8 cm³/mol. The molecule has 1 fully saturated rings. The van der Waals surface area contributed by atoms with Crippen LogP contribution in [0, 0.1) is 0 Å². The summed E-state index contributed by atoms with van der Waals surface area (Å²) in [5.74, 6) is 0.957. The number of likely N-dealkylation sites (N-methyl/N-ethyl adjacent to an activating group) is 1. The normalized spacial score (nSPS) is 32.1. The van der Waals surface area contributed by atoms with Crippen molar-refractivity contribution in [1.29, 1.82) is 0 Å². The first kappa shape index (κ1) is 12.5. The van der Waals surface area contributed by atoms with Crippen LogP contribution in [0.25, 0.3) is 0 Å². The Labute approximate surface area is 116 Å². The monoisotopic (exact) mass is 310 g/mol. The molecule has 2 aliphatic heterocycles. The van der Waals surface area contributed by atoms with Crippen LogP contribution in [-0.4, -0.2) is 30.6 Å². The number of ether oxygens (including phenoxy) is 1. The molecular formula is C14H19BrN2O. The molecule has 0 aliphatic carbocycles.